The summed E-state index contributed by atoms with van der Waals surface area (Å²) in [5.74, 6) is 1.25. The van der Waals surface area contributed by atoms with Gasteiger partial charge in [0.1, 0.15) is 11.6 Å². The Morgan fingerprint density at radius 1 is 1.24 bits per heavy atom. The highest BCUT2D eigenvalue weighted by Gasteiger charge is 2.18. The summed E-state index contributed by atoms with van der Waals surface area (Å²) in [6.07, 6.45) is 3.64. The van der Waals surface area contributed by atoms with Gasteiger partial charge in [-0.1, -0.05) is 26.8 Å². The Hall–Kier alpha value is -1.77. The lowest BCUT2D eigenvalue weighted by atomic mass is 9.86. The van der Waals surface area contributed by atoms with Crippen molar-refractivity contribution in [3.05, 3.63) is 42.0 Å². The number of nitrogens with zero attached hydrogens (tertiary/aromatic N) is 2. The van der Waals surface area contributed by atoms with Crippen molar-refractivity contribution in [1.29, 1.82) is 0 Å². The Bertz CT molecular complexity index is 535. The second kappa shape index (κ2) is 3.91. The van der Waals surface area contributed by atoms with Crippen molar-refractivity contribution in [3.63, 3.8) is 0 Å². The number of aromatic nitrogens is 2. The molecule has 2 rings (SSSR count). The molecular weight excluding hydrogens is 212 g/mol. The van der Waals surface area contributed by atoms with E-state index in [2.05, 4.69) is 25.8 Å². The lowest BCUT2D eigenvalue weighted by molar-refractivity contribution is 0.446. The summed E-state index contributed by atoms with van der Waals surface area (Å²) in [5, 5.41) is 10.1. The van der Waals surface area contributed by atoms with Gasteiger partial charge >= 0.3 is 0 Å². The molecule has 17 heavy (non-hydrogen) atoms. The molecule has 3 heteroatoms. The number of phenols is 1. The van der Waals surface area contributed by atoms with Gasteiger partial charge in [0.15, 0.2) is 0 Å². The minimum atomic E-state index is -0.0490. The van der Waals surface area contributed by atoms with Crippen LogP contribution in [0.15, 0.2) is 30.6 Å². The minimum absolute atomic E-state index is 0.0490. The van der Waals surface area contributed by atoms with E-state index in [1.54, 1.807) is 12.3 Å². The Morgan fingerprint density at radius 2 is 1.94 bits per heavy atom. The molecule has 1 heterocycles. The van der Waals surface area contributed by atoms with E-state index in [1.807, 2.05) is 29.8 Å². The van der Waals surface area contributed by atoms with E-state index in [1.165, 1.54) is 0 Å². The minimum Gasteiger partial charge on any atom is -0.508 e. The quantitative estimate of drug-likeness (QED) is 0.817. The number of benzene rings is 1. The van der Waals surface area contributed by atoms with Crippen molar-refractivity contribution in [2.24, 2.45) is 0 Å². The highest BCUT2D eigenvalue weighted by Crippen LogP contribution is 2.32. The van der Waals surface area contributed by atoms with Crippen LogP contribution in [-0.4, -0.2) is 14.7 Å². The van der Waals surface area contributed by atoms with Gasteiger partial charge in [0.25, 0.3) is 0 Å². The molecular formula is C14H18N2O. The van der Waals surface area contributed by atoms with Crippen LogP contribution in [0.4, 0.5) is 0 Å². The molecule has 0 bridgehead atoms. The van der Waals surface area contributed by atoms with Gasteiger partial charge in [0.05, 0.1) is 5.69 Å². The smallest absolute Gasteiger partial charge is 0.121 e. The molecule has 90 valence electrons. The van der Waals surface area contributed by atoms with Gasteiger partial charge in [0.2, 0.25) is 0 Å². The summed E-state index contributed by atoms with van der Waals surface area (Å²) in [6.45, 7) is 8.20. The van der Waals surface area contributed by atoms with E-state index in [4.69, 9.17) is 0 Å². The van der Waals surface area contributed by atoms with E-state index >= 15 is 0 Å². The lowest BCUT2D eigenvalue weighted by Crippen LogP contribution is -2.11. The van der Waals surface area contributed by atoms with Crippen LogP contribution in [-0.2, 0) is 5.41 Å². The summed E-state index contributed by atoms with van der Waals surface area (Å²) < 4.78 is 1.95. The van der Waals surface area contributed by atoms with Crippen molar-refractivity contribution in [3.8, 4) is 11.4 Å². The van der Waals surface area contributed by atoms with Gasteiger partial charge in [-0.2, -0.15) is 0 Å². The van der Waals surface area contributed by atoms with Gasteiger partial charge in [-0.15, -0.1) is 0 Å². The Kier molecular flexibility index (Phi) is 2.69. The molecule has 0 saturated heterocycles. The standard InChI is InChI=1S/C14H18N2O/c1-10-15-7-8-16(10)11-5-6-12(13(17)9-11)14(2,3)4/h5-9,17H,1-4H3. The molecule has 0 unspecified atom stereocenters. The number of hydrogen-bond acceptors (Lipinski definition) is 2. The first-order chi connectivity index (χ1) is 7.89. The van der Waals surface area contributed by atoms with Gasteiger partial charge < -0.3 is 9.67 Å². The molecule has 2 aromatic rings. The molecule has 0 spiro atoms. The molecule has 0 aliphatic carbocycles. The molecule has 0 fully saturated rings. The Labute approximate surface area is 102 Å². The molecule has 0 saturated carbocycles. The summed E-state index contributed by atoms with van der Waals surface area (Å²) in [7, 11) is 0. The highest BCUT2D eigenvalue weighted by atomic mass is 16.3. The monoisotopic (exact) mass is 230 g/mol. The van der Waals surface area contributed by atoms with Crippen LogP contribution in [0.5, 0.6) is 5.75 Å². The fraction of sp³-hybridized carbons (Fsp3) is 0.357. The number of rotatable bonds is 1. The van der Waals surface area contributed by atoms with E-state index in [0.29, 0.717) is 5.75 Å². The zero-order valence-corrected chi connectivity index (χ0v) is 10.7. The van der Waals surface area contributed by atoms with E-state index in [0.717, 1.165) is 17.1 Å². The second-order valence-corrected chi connectivity index (χ2v) is 5.30. The summed E-state index contributed by atoms with van der Waals surface area (Å²) >= 11 is 0. The number of imidazole rings is 1. The maximum absolute atomic E-state index is 10.1. The van der Waals surface area contributed by atoms with Crippen molar-refractivity contribution in [2.45, 2.75) is 33.1 Å². The maximum Gasteiger partial charge on any atom is 0.121 e. The van der Waals surface area contributed by atoms with Crippen molar-refractivity contribution in [1.82, 2.24) is 9.55 Å². The van der Waals surface area contributed by atoms with Gasteiger partial charge in [-0.05, 0) is 24.0 Å². The SMILES string of the molecule is Cc1nccn1-c1ccc(C(C)(C)C)c(O)c1. The van der Waals surface area contributed by atoms with Gasteiger partial charge in [-0.25, -0.2) is 4.98 Å². The third kappa shape index (κ3) is 2.18. The fourth-order valence-corrected chi connectivity index (χ4v) is 1.95. The van der Waals surface area contributed by atoms with Crippen LogP contribution in [0.25, 0.3) is 5.69 Å². The van der Waals surface area contributed by atoms with Crippen LogP contribution in [0.1, 0.15) is 32.2 Å². The number of hydrogen-bond donors (Lipinski definition) is 1. The predicted octanol–water partition coefficient (Wildman–Crippen LogP) is 3.18. The largest absolute Gasteiger partial charge is 0.508 e. The van der Waals surface area contributed by atoms with Crippen LogP contribution >= 0.6 is 0 Å². The summed E-state index contributed by atoms with van der Waals surface area (Å²) in [5.41, 5.74) is 1.84. The molecule has 3 nitrogen and oxygen atoms in total. The summed E-state index contributed by atoms with van der Waals surface area (Å²) in [4.78, 5) is 4.18. The molecule has 0 radical (unpaired) electrons. The number of aromatic hydroxyl groups is 1. The Morgan fingerprint density at radius 3 is 2.41 bits per heavy atom. The van der Waals surface area contributed by atoms with Crippen LogP contribution in [0.3, 0.4) is 0 Å². The molecule has 0 aliphatic rings. The number of phenolic OH excluding ortho intramolecular Hbond substituents is 1. The van der Waals surface area contributed by atoms with Crippen molar-refractivity contribution < 1.29 is 5.11 Å². The second-order valence-electron chi connectivity index (χ2n) is 5.30. The topological polar surface area (TPSA) is 38.0 Å². The molecule has 1 N–H and O–H groups in total. The van der Waals surface area contributed by atoms with E-state index in [9.17, 15) is 5.11 Å². The first kappa shape index (κ1) is 11.7. The average Bonchev–Trinajstić information content (AvgIpc) is 2.62. The normalized spacial score (nSPS) is 11.8. The fourth-order valence-electron chi connectivity index (χ4n) is 1.95. The zero-order valence-electron chi connectivity index (χ0n) is 10.7. The maximum atomic E-state index is 10.1. The van der Waals surface area contributed by atoms with Crippen LogP contribution < -0.4 is 0 Å². The van der Waals surface area contributed by atoms with Crippen molar-refractivity contribution in [2.75, 3.05) is 0 Å². The van der Waals surface area contributed by atoms with Crippen molar-refractivity contribution >= 4 is 0 Å². The lowest BCUT2D eigenvalue weighted by Gasteiger charge is -2.21. The van der Waals surface area contributed by atoms with Gasteiger partial charge in [-0.3, -0.25) is 0 Å². The predicted molar refractivity (Wildman–Crippen MR) is 68.7 cm³/mol. The summed E-state index contributed by atoms with van der Waals surface area (Å²) in [6, 6.07) is 5.77. The third-order valence-electron chi connectivity index (χ3n) is 2.89. The molecule has 1 aromatic carbocycles. The third-order valence-corrected chi connectivity index (χ3v) is 2.89. The van der Waals surface area contributed by atoms with E-state index in [-0.39, 0.29) is 5.41 Å². The van der Waals surface area contributed by atoms with Crippen LogP contribution in [0.2, 0.25) is 0 Å². The molecule has 0 amide bonds. The average molecular weight is 230 g/mol. The highest BCUT2D eigenvalue weighted by molar-refractivity contribution is 5.47. The van der Waals surface area contributed by atoms with Gasteiger partial charge in [0, 0.05) is 18.5 Å². The zero-order chi connectivity index (χ0) is 12.6. The van der Waals surface area contributed by atoms with Crippen LogP contribution in [0, 0.1) is 6.92 Å². The van der Waals surface area contributed by atoms with E-state index < -0.39 is 0 Å². The molecule has 0 aliphatic heterocycles. The first-order valence-electron chi connectivity index (χ1n) is 5.73. The first-order valence-corrected chi connectivity index (χ1v) is 5.73. The number of aryl methyl sites for hydroxylation is 1. The molecule has 0 atom stereocenters. The Balaban J connectivity index is 2.49. The molecule has 1 aromatic heterocycles.